The molecule has 3 atom stereocenters. The Hall–Kier alpha value is -1.08. The van der Waals surface area contributed by atoms with E-state index in [0.717, 1.165) is 6.42 Å². The third-order valence-electron chi connectivity index (χ3n) is 2.79. The molecule has 2 saturated heterocycles. The van der Waals surface area contributed by atoms with Crippen molar-refractivity contribution in [1.29, 1.82) is 5.26 Å². The number of fused-ring (bicyclic) bond motifs is 2. The number of hydrogen-bond donors (Lipinski definition) is 1. The fourth-order valence-corrected chi connectivity index (χ4v) is 2.10. The molecule has 64 valence electrons. The molecule has 0 saturated carbocycles. The molecule has 0 amide bonds. The quantitative estimate of drug-likeness (QED) is 0.618. The van der Waals surface area contributed by atoms with E-state index in [1.54, 1.807) is 0 Å². The Balaban J connectivity index is 2.33. The average Bonchev–Trinajstić information content (AvgIpc) is 2.62. The van der Waals surface area contributed by atoms with Crippen LogP contribution >= 0.6 is 0 Å². The largest absolute Gasteiger partial charge is 0.480 e. The van der Waals surface area contributed by atoms with Gasteiger partial charge in [0.25, 0.3) is 0 Å². The first-order valence-electron chi connectivity index (χ1n) is 3.99. The Morgan fingerprint density at radius 2 is 2.42 bits per heavy atom. The Labute approximate surface area is 69.7 Å². The van der Waals surface area contributed by atoms with Crippen molar-refractivity contribution in [2.24, 2.45) is 5.41 Å². The summed E-state index contributed by atoms with van der Waals surface area (Å²) in [6.45, 7) is 0. The van der Waals surface area contributed by atoms with Gasteiger partial charge in [0.2, 0.25) is 0 Å². The lowest BCUT2D eigenvalue weighted by atomic mass is 9.75. The van der Waals surface area contributed by atoms with Crippen LogP contribution in [0.4, 0.5) is 0 Å². The summed E-state index contributed by atoms with van der Waals surface area (Å²) in [7, 11) is 0. The first-order chi connectivity index (χ1) is 5.69. The fourth-order valence-electron chi connectivity index (χ4n) is 2.10. The molecule has 0 aliphatic carbocycles. The van der Waals surface area contributed by atoms with Crippen LogP contribution in [0, 0.1) is 16.7 Å². The Kier molecular flexibility index (Phi) is 1.39. The number of aliphatic carboxylic acids is 1. The van der Waals surface area contributed by atoms with E-state index in [1.807, 2.05) is 6.07 Å². The van der Waals surface area contributed by atoms with E-state index in [-0.39, 0.29) is 12.2 Å². The summed E-state index contributed by atoms with van der Waals surface area (Å²) in [5.41, 5.74) is -1.25. The predicted molar refractivity (Wildman–Crippen MR) is 38.2 cm³/mol. The highest BCUT2D eigenvalue weighted by molar-refractivity contribution is 5.79. The molecule has 12 heavy (non-hydrogen) atoms. The first kappa shape index (κ1) is 7.56. The monoisotopic (exact) mass is 167 g/mol. The van der Waals surface area contributed by atoms with Crippen molar-refractivity contribution in [1.82, 2.24) is 0 Å². The molecule has 2 aliphatic heterocycles. The number of carbonyl (C=O) groups is 1. The van der Waals surface area contributed by atoms with Gasteiger partial charge in [-0.05, 0) is 12.8 Å². The van der Waals surface area contributed by atoms with Crippen LogP contribution in [0.1, 0.15) is 19.3 Å². The van der Waals surface area contributed by atoms with Crippen LogP contribution in [0.5, 0.6) is 0 Å². The number of carboxylic acids is 1. The van der Waals surface area contributed by atoms with Crippen LogP contribution in [-0.2, 0) is 9.53 Å². The second-order valence-electron chi connectivity index (χ2n) is 3.42. The van der Waals surface area contributed by atoms with E-state index in [0.29, 0.717) is 12.8 Å². The molecule has 2 bridgehead atoms. The van der Waals surface area contributed by atoms with Gasteiger partial charge in [-0.2, -0.15) is 5.26 Å². The van der Waals surface area contributed by atoms with Crippen molar-refractivity contribution in [3.05, 3.63) is 0 Å². The van der Waals surface area contributed by atoms with Crippen LogP contribution in [0.15, 0.2) is 0 Å². The van der Waals surface area contributed by atoms with Gasteiger partial charge in [-0.3, -0.25) is 4.79 Å². The van der Waals surface area contributed by atoms with E-state index in [1.165, 1.54) is 0 Å². The first-order valence-corrected chi connectivity index (χ1v) is 3.99. The Bertz CT molecular complexity index is 270. The summed E-state index contributed by atoms with van der Waals surface area (Å²) in [6, 6.07) is 1.88. The predicted octanol–water partition coefficient (Wildman–Crippen LogP) is 0.532. The zero-order chi connectivity index (χ0) is 8.77. The summed E-state index contributed by atoms with van der Waals surface area (Å²) < 4.78 is 5.34. The average molecular weight is 167 g/mol. The normalized spacial score (nSPS) is 44.2. The van der Waals surface area contributed by atoms with E-state index in [2.05, 4.69) is 0 Å². The maximum Gasteiger partial charge on any atom is 0.326 e. The molecule has 0 aromatic heterocycles. The number of ether oxygens (including phenoxy) is 1. The van der Waals surface area contributed by atoms with Crippen molar-refractivity contribution >= 4 is 5.97 Å². The lowest BCUT2D eigenvalue weighted by Gasteiger charge is -2.22. The second kappa shape index (κ2) is 2.20. The van der Waals surface area contributed by atoms with Gasteiger partial charge in [-0.15, -0.1) is 0 Å². The third-order valence-corrected chi connectivity index (χ3v) is 2.79. The minimum atomic E-state index is -1.25. The van der Waals surface area contributed by atoms with Gasteiger partial charge in [-0.1, -0.05) is 0 Å². The molecular weight excluding hydrogens is 158 g/mol. The smallest absolute Gasteiger partial charge is 0.326 e. The number of rotatable bonds is 1. The Morgan fingerprint density at radius 3 is 2.67 bits per heavy atom. The van der Waals surface area contributed by atoms with E-state index in [4.69, 9.17) is 15.1 Å². The summed E-state index contributed by atoms with van der Waals surface area (Å²) in [6.07, 6.45) is 1.62. The van der Waals surface area contributed by atoms with Crippen molar-refractivity contribution in [3.8, 4) is 6.07 Å². The zero-order valence-electron chi connectivity index (χ0n) is 6.49. The molecule has 2 rings (SSSR count). The van der Waals surface area contributed by atoms with E-state index < -0.39 is 11.4 Å². The minimum Gasteiger partial charge on any atom is -0.480 e. The molecule has 4 nitrogen and oxygen atoms in total. The van der Waals surface area contributed by atoms with Crippen LogP contribution in [0.3, 0.4) is 0 Å². The maximum atomic E-state index is 10.8. The molecule has 3 unspecified atom stereocenters. The van der Waals surface area contributed by atoms with Gasteiger partial charge in [-0.25, -0.2) is 0 Å². The van der Waals surface area contributed by atoms with Gasteiger partial charge in [0.05, 0.1) is 18.3 Å². The Morgan fingerprint density at radius 1 is 1.67 bits per heavy atom. The van der Waals surface area contributed by atoms with E-state index in [9.17, 15) is 4.79 Å². The summed E-state index contributed by atoms with van der Waals surface area (Å²) in [5, 5.41) is 17.7. The topological polar surface area (TPSA) is 70.3 Å². The van der Waals surface area contributed by atoms with Crippen molar-refractivity contribution in [2.45, 2.75) is 31.5 Å². The highest BCUT2D eigenvalue weighted by Crippen LogP contribution is 2.47. The summed E-state index contributed by atoms with van der Waals surface area (Å²) >= 11 is 0. The number of nitrogens with zero attached hydrogens (tertiary/aromatic N) is 1. The maximum absolute atomic E-state index is 10.8. The lowest BCUT2D eigenvalue weighted by molar-refractivity contribution is -0.148. The molecule has 2 heterocycles. The van der Waals surface area contributed by atoms with Gasteiger partial charge in [0.15, 0.2) is 5.41 Å². The zero-order valence-corrected chi connectivity index (χ0v) is 6.49. The summed E-state index contributed by atoms with van der Waals surface area (Å²) in [5.74, 6) is -1.03. The van der Waals surface area contributed by atoms with E-state index >= 15 is 0 Å². The number of carboxylic acid groups (broad SMARTS) is 1. The molecule has 2 fully saturated rings. The van der Waals surface area contributed by atoms with Crippen LogP contribution < -0.4 is 0 Å². The second-order valence-corrected chi connectivity index (χ2v) is 3.42. The highest BCUT2D eigenvalue weighted by atomic mass is 16.5. The minimum absolute atomic E-state index is 0.00532. The highest BCUT2D eigenvalue weighted by Gasteiger charge is 2.58. The standard InChI is InChI=1S/C8H9NO3/c9-4-8(7(10)11)3-5-1-2-6(8)12-5/h5-6H,1-3H2,(H,10,11). The van der Waals surface area contributed by atoms with Crippen LogP contribution in [0.2, 0.25) is 0 Å². The number of nitriles is 1. The van der Waals surface area contributed by atoms with Crippen molar-refractivity contribution in [2.75, 3.05) is 0 Å². The number of hydrogen-bond acceptors (Lipinski definition) is 3. The lowest BCUT2D eigenvalue weighted by Crippen LogP contribution is -2.38. The molecule has 1 N–H and O–H groups in total. The van der Waals surface area contributed by atoms with Crippen LogP contribution in [-0.4, -0.2) is 23.3 Å². The molecule has 2 aliphatic rings. The molecule has 0 aromatic rings. The summed E-state index contributed by atoms with van der Waals surface area (Å²) in [4.78, 5) is 10.8. The van der Waals surface area contributed by atoms with Crippen LogP contribution in [0.25, 0.3) is 0 Å². The molecule has 0 spiro atoms. The fraction of sp³-hybridized carbons (Fsp3) is 0.750. The van der Waals surface area contributed by atoms with Gasteiger partial charge >= 0.3 is 5.97 Å². The molecule has 0 aromatic carbocycles. The van der Waals surface area contributed by atoms with Gasteiger partial charge in [0, 0.05) is 6.42 Å². The van der Waals surface area contributed by atoms with Gasteiger partial charge in [0.1, 0.15) is 0 Å². The van der Waals surface area contributed by atoms with Crippen molar-refractivity contribution < 1.29 is 14.6 Å². The third kappa shape index (κ3) is 0.718. The SMILES string of the molecule is N#CC1(C(=O)O)CC2CCC1O2. The molecule has 4 heteroatoms. The molecular formula is C8H9NO3. The van der Waals surface area contributed by atoms with Gasteiger partial charge < -0.3 is 9.84 Å². The molecule has 0 radical (unpaired) electrons. The van der Waals surface area contributed by atoms with Crippen molar-refractivity contribution in [3.63, 3.8) is 0 Å².